The molecule has 0 aliphatic carbocycles. The number of hydrogen-bond donors (Lipinski definition) is 6. The number of carbonyl (C=O) groups is 7. The highest BCUT2D eigenvalue weighted by atomic mass is 16.4. The summed E-state index contributed by atoms with van der Waals surface area (Å²) in [7, 11) is 0. The zero-order chi connectivity index (χ0) is 33.1. The summed E-state index contributed by atoms with van der Waals surface area (Å²) in [6.45, 7) is 7.22. The minimum absolute atomic E-state index is 0.0650. The van der Waals surface area contributed by atoms with Crippen LogP contribution in [0.4, 0.5) is 0 Å². The van der Waals surface area contributed by atoms with Gasteiger partial charge in [-0.3, -0.25) is 33.6 Å². The number of carboxylic acid groups (broad SMARTS) is 2. The number of aliphatic carboxylic acids is 2. The van der Waals surface area contributed by atoms with Crippen LogP contribution in [0.1, 0.15) is 79.1 Å². The number of hydrogen-bond acceptors (Lipinski definition) is 8. The summed E-state index contributed by atoms with van der Waals surface area (Å²) < 4.78 is 0. The molecule has 2 heterocycles. The summed E-state index contributed by atoms with van der Waals surface area (Å²) in [6, 6.07) is -4.80. The van der Waals surface area contributed by atoms with Gasteiger partial charge in [-0.1, -0.05) is 40.5 Å². The highest BCUT2D eigenvalue weighted by Crippen LogP contribution is 2.24. The second-order valence-corrected chi connectivity index (χ2v) is 11.8. The molecule has 0 radical (unpaired) electrons. The molecule has 0 saturated carbocycles. The lowest BCUT2D eigenvalue weighted by atomic mass is 9.96. The largest absolute Gasteiger partial charge is 0.481 e. The zero-order valence-corrected chi connectivity index (χ0v) is 26.0. The van der Waals surface area contributed by atoms with Gasteiger partial charge in [0.05, 0.1) is 6.04 Å². The molecular weight excluding hydrogens is 576 g/mol. The van der Waals surface area contributed by atoms with Gasteiger partial charge >= 0.3 is 11.9 Å². The van der Waals surface area contributed by atoms with E-state index in [1.165, 1.54) is 9.80 Å². The molecule has 15 heteroatoms. The first kappa shape index (κ1) is 36.4. The Morgan fingerprint density at radius 1 is 0.773 bits per heavy atom. The molecule has 0 aromatic rings. The minimum Gasteiger partial charge on any atom is -0.481 e. The first-order valence-corrected chi connectivity index (χ1v) is 15.4. The van der Waals surface area contributed by atoms with Crippen molar-refractivity contribution in [3.8, 4) is 0 Å². The summed E-state index contributed by atoms with van der Waals surface area (Å²) in [6.07, 6.45) is 2.51. The maximum atomic E-state index is 13.9. The average Bonchev–Trinajstić information content (AvgIpc) is 3.69. The molecule has 0 bridgehead atoms. The standard InChI is InChI=1S/C29H48N6O9/c1-5-16(3)23(27(42)31-15-22(38)39)32-25(40)20-10-8-14-35(20)29(44)24(17(4)6-2)33-26(41)19-9-7-13-34(19)28(43)18(30)11-12-21(36)37/h16-20,23-24H,5-15,30H2,1-4H3,(H,31,42)(H,32,40)(H,33,41)(H,36,37)(H,38,39)/t16-,17-,18-,19-,20-,23-,24-/m0/s1. The van der Waals surface area contributed by atoms with Gasteiger partial charge in [-0.15, -0.1) is 0 Å². The van der Waals surface area contributed by atoms with Crippen molar-refractivity contribution in [3.05, 3.63) is 0 Å². The number of nitrogens with zero attached hydrogens (tertiary/aromatic N) is 2. The van der Waals surface area contributed by atoms with E-state index in [-0.39, 0.29) is 37.8 Å². The lowest BCUT2D eigenvalue weighted by molar-refractivity contribution is -0.145. The number of nitrogens with one attached hydrogen (secondary N) is 3. The summed E-state index contributed by atoms with van der Waals surface area (Å²) in [5, 5.41) is 25.7. The van der Waals surface area contributed by atoms with Crippen LogP contribution in [0.5, 0.6) is 0 Å². The van der Waals surface area contributed by atoms with Crippen LogP contribution in [-0.2, 0) is 33.6 Å². The fourth-order valence-electron chi connectivity index (χ4n) is 5.56. The molecule has 0 spiro atoms. The van der Waals surface area contributed by atoms with E-state index in [1.54, 1.807) is 13.8 Å². The summed E-state index contributed by atoms with van der Waals surface area (Å²) in [4.78, 5) is 91.0. The quantitative estimate of drug-likeness (QED) is 0.128. The van der Waals surface area contributed by atoms with Gasteiger partial charge in [0.15, 0.2) is 0 Å². The van der Waals surface area contributed by atoms with Gasteiger partial charge in [-0.05, 0) is 43.9 Å². The van der Waals surface area contributed by atoms with Gasteiger partial charge in [0.1, 0.15) is 30.7 Å². The van der Waals surface area contributed by atoms with E-state index >= 15 is 0 Å². The first-order valence-electron chi connectivity index (χ1n) is 15.4. The fourth-order valence-corrected chi connectivity index (χ4v) is 5.56. The topological polar surface area (TPSA) is 229 Å². The summed E-state index contributed by atoms with van der Waals surface area (Å²) in [5.74, 6) is -5.57. The number of carboxylic acids is 2. The second kappa shape index (κ2) is 16.9. The Kier molecular flexibility index (Phi) is 14.0. The molecule has 0 aromatic heterocycles. The molecule has 7 atom stereocenters. The van der Waals surface area contributed by atoms with Crippen molar-refractivity contribution >= 4 is 41.5 Å². The van der Waals surface area contributed by atoms with Gasteiger partial charge in [-0.25, -0.2) is 0 Å². The van der Waals surface area contributed by atoms with Crippen molar-refractivity contribution in [2.24, 2.45) is 17.6 Å². The Labute approximate surface area is 257 Å². The smallest absolute Gasteiger partial charge is 0.322 e. The maximum absolute atomic E-state index is 13.9. The number of carbonyl (C=O) groups excluding carboxylic acids is 5. The maximum Gasteiger partial charge on any atom is 0.322 e. The number of nitrogens with two attached hydrogens (primary N) is 1. The third-order valence-corrected chi connectivity index (χ3v) is 8.65. The van der Waals surface area contributed by atoms with Crippen molar-refractivity contribution in [1.29, 1.82) is 0 Å². The monoisotopic (exact) mass is 624 g/mol. The van der Waals surface area contributed by atoms with Gasteiger partial charge in [0, 0.05) is 19.5 Å². The van der Waals surface area contributed by atoms with Crippen molar-refractivity contribution in [2.75, 3.05) is 19.6 Å². The highest BCUT2D eigenvalue weighted by molar-refractivity contribution is 5.96. The van der Waals surface area contributed by atoms with E-state index in [2.05, 4.69) is 16.0 Å². The summed E-state index contributed by atoms with van der Waals surface area (Å²) >= 11 is 0. The molecule has 5 amide bonds. The molecule has 7 N–H and O–H groups in total. The molecule has 0 aromatic carbocycles. The van der Waals surface area contributed by atoms with Crippen LogP contribution < -0.4 is 21.7 Å². The predicted molar refractivity (Wildman–Crippen MR) is 158 cm³/mol. The molecule has 15 nitrogen and oxygen atoms in total. The van der Waals surface area contributed by atoms with Crippen LogP contribution in [0.25, 0.3) is 0 Å². The van der Waals surface area contributed by atoms with Crippen LogP contribution in [-0.4, -0.2) is 111 Å². The van der Waals surface area contributed by atoms with E-state index in [0.717, 1.165) is 0 Å². The van der Waals surface area contributed by atoms with E-state index in [9.17, 15) is 33.6 Å². The van der Waals surface area contributed by atoms with Gasteiger partial charge in [0.2, 0.25) is 29.5 Å². The summed E-state index contributed by atoms with van der Waals surface area (Å²) in [5.41, 5.74) is 5.93. The van der Waals surface area contributed by atoms with Crippen molar-refractivity contribution in [2.45, 2.75) is 109 Å². The number of likely N-dealkylation sites (tertiary alicyclic amines) is 2. The first-order chi connectivity index (χ1) is 20.7. The Morgan fingerprint density at radius 3 is 1.73 bits per heavy atom. The van der Waals surface area contributed by atoms with Crippen LogP contribution in [0, 0.1) is 11.8 Å². The average molecular weight is 625 g/mol. The van der Waals surface area contributed by atoms with Gasteiger partial charge in [0.25, 0.3) is 0 Å². The third-order valence-electron chi connectivity index (χ3n) is 8.65. The van der Waals surface area contributed by atoms with Crippen LogP contribution in [0.2, 0.25) is 0 Å². The van der Waals surface area contributed by atoms with E-state index in [1.807, 2.05) is 13.8 Å². The van der Waals surface area contributed by atoms with Crippen LogP contribution in [0.15, 0.2) is 0 Å². The van der Waals surface area contributed by atoms with Crippen molar-refractivity contribution in [1.82, 2.24) is 25.8 Å². The van der Waals surface area contributed by atoms with Gasteiger partial charge < -0.3 is 41.7 Å². The molecule has 44 heavy (non-hydrogen) atoms. The SMILES string of the molecule is CC[C@H](C)[C@H](NC(=O)[C@@H]1CCCN1C(=O)[C@@H](NC(=O)[C@@H]1CCCN1C(=O)[C@@H](N)CCC(=O)O)[C@@H](C)CC)C(=O)NCC(=O)O. The molecule has 2 rings (SSSR count). The van der Waals surface area contributed by atoms with Crippen LogP contribution >= 0.6 is 0 Å². The lowest BCUT2D eigenvalue weighted by Gasteiger charge is -2.34. The van der Waals surface area contributed by atoms with Crippen molar-refractivity contribution < 1.29 is 43.8 Å². The second-order valence-electron chi connectivity index (χ2n) is 11.8. The Morgan fingerprint density at radius 2 is 1.25 bits per heavy atom. The lowest BCUT2D eigenvalue weighted by Crippen LogP contribution is -2.60. The molecular formula is C29H48N6O9. The molecule has 2 aliphatic heterocycles. The Bertz CT molecular complexity index is 1090. The molecule has 248 valence electrons. The third kappa shape index (κ3) is 9.63. The normalized spacial score (nSPS) is 21.5. The molecule has 2 saturated heterocycles. The van der Waals surface area contributed by atoms with Crippen molar-refractivity contribution in [3.63, 3.8) is 0 Å². The number of amides is 5. The molecule has 2 aliphatic rings. The highest BCUT2D eigenvalue weighted by Gasteiger charge is 2.43. The van der Waals surface area contributed by atoms with Crippen LogP contribution in [0.3, 0.4) is 0 Å². The molecule has 2 fully saturated rings. The molecule has 0 unspecified atom stereocenters. The number of rotatable bonds is 16. The zero-order valence-electron chi connectivity index (χ0n) is 26.0. The van der Waals surface area contributed by atoms with E-state index in [4.69, 9.17) is 15.9 Å². The van der Waals surface area contributed by atoms with Gasteiger partial charge in [-0.2, -0.15) is 0 Å². The minimum atomic E-state index is -1.22. The van der Waals surface area contributed by atoms with E-state index < -0.39 is 78.2 Å². The Hall–Kier alpha value is -3.75. The Balaban J connectivity index is 2.18. The van der Waals surface area contributed by atoms with E-state index in [0.29, 0.717) is 38.5 Å². The fraction of sp³-hybridized carbons (Fsp3) is 0.759. The predicted octanol–water partition coefficient (Wildman–Crippen LogP) is -0.577.